The molecular weight excluding hydrogens is 296 g/mol. The summed E-state index contributed by atoms with van der Waals surface area (Å²) in [6.45, 7) is 7.66. The lowest BCUT2D eigenvalue weighted by atomic mass is 10.2. The van der Waals surface area contributed by atoms with Crippen molar-refractivity contribution in [2.45, 2.75) is 45.4 Å². The van der Waals surface area contributed by atoms with Gasteiger partial charge in [0.15, 0.2) is 0 Å². The Hall–Kier alpha value is -1.60. The highest BCUT2D eigenvalue weighted by atomic mass is 16.5. The molecule has 0 aliphatic carbocycles. The predicted molar refractivity (Wildman–Crippen MR) is 85.2 cm³/mol. The van der Waals surface area contributed by atoms with E-state index in [1.165, 1.54) is 12.8 Å². The largest absolute Gasteiger partial charge is 0.373 e. The SMILES string of the molecule is Cc1noc(C)c1CN(C)C(=O)NC[C@@H]1CN2CCC[C@@H]2CO1. The highest BCUT2D eigenvalue weighted by Crippen LogP contribution is 2.22. The Morgan fingerprint density at radius 1 is 1.48 bits per heavy atom. The third kappa shape index (κ3) is 3.67. The van der Waals surface area contributed by atoms with Crippen LogP contribution >= 0.6 is 0 Å². The van der Waals surface area contributed by atoms with Crippen LogP contribution < -0.4 is 5.32 Å². The van der Waals surface area contributed by atoms with Gasteiger partial charge in [-0.3, -0.25) is 4.90 Å². The maximum absolute atomic E-state index is 12.3. The van der Waals surface area contributed by atoms with Gasteiger partial charge in [0.1, 0.15) is 5.76 Å². The normalized spacial score (nSPS) is 24.5. The lowest BCUT2D eigenvalue weighted by molar-refractivity contribution is -0.0460. The lowest BCUT2D eigenvalue weighted by Crippen LogP contribution is -2.51. The molecule has 23 heavy (non-hydrogen) atoms. The van der Waals surface area contributed by atoms with E-state index >= 15 is 0 Å². The van der Waals surface area contributed by atoms with Crippen LogP contribution in [0.2, 0.25) is 0 Å². The second kappa shape index (κ2) is 6.88. The zero-order chi connectivity index (χ0) is 16.4. The molecule has 128 valence electrons. The highest BCUT2D eigenvalue weighted by Gasteiger charge is 2.32. The molecule has 0 saturated carbocycles. The summed E-state index contributed by atoms with van der Waals surface area (Å²) >= 11 is 0. The number of aromatic nitrogens is 1. The lowest BCUT2D eigenvalue weighted by Gasteiger charge is -2.35. The number of carbonyl (C=O) groups excluding carboxylic acids is 1. The first kappa shape index (κ1) is 16.3. The average molecular weight is 322 g/mol. The van der Waals surface area contributed by atoms with Gasteiger partial charge in [-0.2, -0.15) is 0 Å². The van der Waals surface area contributed by atoms with Crippen molar-refractivity contribution in [2.75, 3.05) is 33.3 Å². The summed E-state index contributed by atoms with van der Waals surface area (Å²) in [4.78, 5) is 16.4. The molecule has 2 aliphatic rings. The predicted octanol–water partition coefficient (Wildman–Crippen LogP) is 1.30. The fourth-order valence-electron chi connectivity index (χ4n) is 3.38. The maximum atomic E-state index is 12.3. The summed E-state index contributed by atoms with van der Waals surface area (Å²) in [5.41, 5.74) is 1.80. The number of hydrogen-bond donors (Lipinski definition) is 1. The Balaban J connectivity index is 1.45. The third-order valence-corrected chi connectivity index (χ3v) is 4.87. The van der Waals surface area contributed by atoms with Crippen LogP contribution in [0, 0.1) is 13.8 Å². The maximum Gasteiger partial charge on any atom is 0.317 e. The van der Waals surface area contributed by atoms with E-state index < -0.39 is 0 Å². The molecular formula is C16H26N4O3. The fourth-order valence-corrected chi connectivity index (χ4v) is 3.38. The number of rotatable bonds is 4. The molecule has 2 fully saturated rings. The van der Waals surface area contributed by atoms with Crippen molar-refractivity contribution in [1.29, 1.82) is 0 Å². The Kier molecular flexibility index (Phi) is 4.87. The van der Waals surface area contributed by atoms with Gasteiger partial charge >= 0.3 is 6.03 Å². The van der Waals surface area contributed by atoms with Crippen LogP contribution in [-0.4, -0.2) is 66.4 Å². The smallest absolute Gasteiger partial charge is 0.317 e. The van der Waals surface area contributed by atoms with Crippen molar-refractivity contribution in [2.24, 2.45) is 0 Å². The van der Waals surface area contributed by atoms with Gasteiger partial charge in [-0.25, -0.2) is 4.79 Å². The van der Waals surface area contributed by atoms with E-state index in [-0.39, 0.29) is 12.1 Å². The van der Waals surface area contributed by atoms with Crippen molar-refractivity contribution < 1.29 is 14.1 Å². The third-order valence-electron chi connectivity index (χ3n) is 4.87. The summed E-state index contributed by atoms with van der Waals surface area (Å²) in [5, 5.41) is 6.89. The van der Waals surface area contributed by atoms with Crippen LogP contribution in [-0.2, 0) is 11.3 Å². The quantitative estimate of drug-likeness (QED) is 0.905. The van der Waals surface area contributed by atoms with Crippen LogP contribution in [0.3, 0.4) is 0 Å². The molecule has 1 N–H and O–H groups in total. The Labute approximate surface area is 136 Å². The summed E-state index contributed by atoms with van der Waals surface area (Å²) in [5.74, 6) is 0.762. The number of aryl methyl sites for hydroxylation is 2. The standard InChI is InChI=1S/C16H26N4O3/c1-11-15(12(2)23-18-11)9-19(3)16(21)17-7-14-8-20-6-4-5-13(20)10-22-14/h13-14H,4-10H2,1-3H3,(H,17,21)/t13-,14-/m1/s1. The number of fused-ring (bicyclic) bond motifs is 1. The molecule has 2 amide bonds. The summed E-state index contributed by atoms with van der Waals surface area (Å²) in [6.07, 6.45) is 2.58. The van der Waals surface area contributed by atoms with Gasteiger partial charge in [0, 0.05) is 31.7 Å². The molecule has 0 aromatic carbocycles. The summed E-state index contributed by atoms with van der Waals surface area (Å²) < 4.78 is 11.0. The minimum Gasteiger partial charge on any atom is -0.373 e. The molecule has 3 rings (SSSR count). The van der Waals surface area contributed by atoms with Gasteiger partial charge < -0.3 is 19.5 Å². The second-order valence-electron chi connectivity index (χ2n) is 6.59. The first-order valence-electron chi connectivity index (χ1n) is 8.31. The molecule has 0 unspecified atom stereocenters. The molecule has 7 nitrogen and oxygen atoms in total. The molecule has 2 saturated heterocycles. The number of ether oxygens (including phenoxy) is 1. The first-order chi connectivity index (χ1) is 11.0. The minimum absolute atomic E-state index is 0.0840. The molecule has 0 bridgehead atoms. The fraction of sp³-hybridized carbons (Fsp3) is 0.750. The monoisotopic (exact) mass is 322 g/mol. The van der Waals surface area contributed by atoms with E-state index in [1.807, 2.05) is 13.8 Å². The number of morpholine rings is 1. The summed E-state index contributed by atoms with van der Waals surface area (Å²) in [6, 6.07) is 0.487. The van der Waals surface area contributed by atoms with Gasteiger partial charge in [-0.05, 0) is 33.2 Å². The zero-order valence-corrected chi connectivity index (χ0v) is 14.2. The summed E-state index contributed by atoms with van der Waals surface area (Å²) in [7, 11) is 1.78. The number of amides is 2. The van der Waals surface area contributed by atoms with Gasteiger partial charge in [-0.15, -0.1) is 0 Å². The Morgan fingerprint density at radius 3 is 3.04 bits per heavy atom. The number of nitrogens with zero attached hydrogens (tertiary/aromatic N) is 3. The van der Waals surface area contributed by atoms with Crippen molar-refractivity contribution in [3.05, 3.63) is 17.0 Å². The molecule has 0 spiro atoms. The van der Waals surface area contributed by atoms with E-state index in [0.717, 1.165) is 36.7 Å². The topological polar surface area (TPSA) is 70.8 Å². The first-order valence-corrected chi connectivity index (χ1v) is 8.31. The Bertz CT molecular complexity index is 540. The van der Waals surface area contributed by atoms with Gasteiger partial charge in [0.25, 0.3) is 0 Å². The molecule has 0 radical (unpaired) electrons. The van der Waals surface area contributed by atoms with Gasteiger partial charge in [0.2, 0.25) is 0 Å². The van der Waals surface area contributed by atoms with Crippen molar-refractivity contribution >= 4 is 6.03 Å². The van der Waals surface area contributed by atoms with Gasteiger partial charge in [0.05, 0.1) is 24.9 Å². The number of urea groups is 1. The van der Waals surface area contributed by atoms with Crippen molar-refractivity contribution in [3.8, 4) is 0 Å². The van der Waals surface area contributed by atoms with E-state index in [0.29, 0.717) is 19.1 Å². The van der Waals surface area contributed by atoms with Crippen LogP contribution in [0.5, 0.6) is 0 Å². The zero-order valence-electron chi connectivity index (χ0n) is 14.2. The van der Waals surface area contributed by atoms with Crippen LogP contribution in [0.25, 0.3) is 0 Å². The van der Waals surface area contributed by atoms with E-state index in [4.69, 9.17) is 9.26 Å². The Morgan fingerprint density at radius 2 is 2.30 bits per heavy atom. The number of hydrogen-bond acceptors (Lipinski definition) is 5. The number of carbonyl (C=O) groups is 1. The van der Waals surface area contributed by atoms with Crippen LogP contribution in [0.4, 0.5) is 4.79 Å². The molecule has 3 heterocycles. The highest BCUT2D eigenvalue weighted by molar-refractivity contribution is 5.73. The van der Waals surface area contributed by atoms with E-state index in [1.54, 1.807) is 11.9 Å². The van der Waals surface area contributed by atoms with Crippen molar-refractivity contribution in [1.82, 2.24) is 20.3 Å². The van der Waals surface area contributed by atoms with Crippen molar-refractivity contribution in [3.63, 3.8) is 0 Å². The van der Waals surface area contributed by atoms with Crippen LogP contribution in [0.1, 0.15) is 29.9 Å². The molecule has 2 atom stereocenters. The minimum atomic E-state index is -0.0999. The second-order valence-corrected chi connectivity index (χ2v) is 6.59. The molecule has 2 aliphatic heterocycles. The number of nitrogens with one attached hydrogen (secondary N) is 1. The van der Waals surface area contributed by atoms with E-state index in [2.05, 4.69) is 15.4 Å². The van der Waals surface area contributed by atoms with Crippen LogP contribution in [0.15, 0.2) is 4.52 Å². The molecule has 1 aromatic heterocycles. The molecule has 1 aromatic rings. The molecule has 7 heteroatoms. The average Bonchev–Trinajstić information content (AvgIpc) is 3.13. The van der Waals surface area contributed by atoms with E-state index in [9.17, 15) is 4.79 Å². The van der Waals surface area contributed by atoms with Gasteiger partial charge in [-0.1, -0.05) is 5.16 Å².